The summed E-state index contributed by atoms with van der Waals surface area (Å²) in [5.41, 5.74) is -0.671. The van der Waals surface area contributed by atoms with Crippen LogP contribution >= 0.6 is 0 Å². The van der Waals surface area contributed by atoms with Crippen LogP contribution in [0.3, 0.4) is 0 Å². The second-order valence-electron chi connectivity index (χ2n) is 9.67. The van der Waals surface area contributed by atoms with Crippen molar-refractivity contribution in [1.29, 1.82) is 0 Å². The molecule has 3 N–H and O–H groups in total. The normalized spacial score (nSPS) is 25.8. The first-order chi connectivity index (χ1) is 13.7. The number of methoxy groups -OCH3 is 1. The molecule has 2 aliphatic rings. The summed E-state index contributed by atoms with van der Waals surface area (Å²) in [4.78, 5) is 23.8. The summed E-state index contributed by atoms with van der Waals surface area (Å²) < 4.78 is 10.9. The van der Waals surface area contributed by atoms with Gasteiger partial charge in [0.05, 0.1) is 6.10 Å². The minimum atomic E-state index is -1.06. The molecule has 2 aliphatic carbocycles. The summed E-state index contributed by atoms with van der Waals surface area (Å²) in [7, 11) is 1.63. The van der Waals surface area contributed by atoms with Gasteiger partial charge in [-0.1, -0.05) is 25.7 Å². The lowest BCUT2D eigenvalue weighted by atomic mass is 9.79. The van der Waals surface area contributed by atoms with E-state index in [4.69, 9.17) is 9.47 Å². The molecule has 0 heterocycles. The predicted molar refractivity (Wildman–Crippen MR) is 112 cm³/mol. The zero-order chi connectivity index (χ0) is 21.4. The van der Waals surface area contributed by atoms with Crippen LogP contribution in [0.4, 0.5) is 4.79 Å². The molecule has 29 heavy (non-hydrogen) atoms. The maximum atomic E-state index is 12.0. The Balaban J connectivity index is 1.91. The van der Waals surface area contributed by atoms with Crippen molar-refractivity contribution in [1.82, 2.24) is 10.6 Å². The number of carboxylic acids is 1. The van der Waals surface area contributed by atoms with Gasteiger partial charge in [0.15, 0.2) is 0 Å². The molecule has 0 radical (unpaired) electrons. The van der Waals surface area contributed by atoms with Gasteiger partial charge >= 0.3 is 12.1 Å². The molecule has 7 heteroatoms. The Hall–Kier alpha value is -1.34. The monoisotopic (exact) mass is 412 g/mol. The Bertz CT molecular complexity index is 528. The number of hydrogen-bond acceptors (Lipinski definition) is 5. The van der Waals surface area contributed by atoms with Crippen LogP contribution in [0.15, 0.2) is 0 Å². The highest BCUT2D eigenvalue weighted by atomic mass is 16.6. The van der Waals surface area contributed by atoms with Gasteiger partial charge in [-0.2, -0.15) is 0 Å². The van der Waals surface area contributed by atoms with Crippen molar-refractivity contribution in [2.24, 2.45) is 5.92 Å². The molecule has 4 atom stereocenters. The number of amides is 1. The van der Waals surface area contributed by atoms with Crippen molar-refractivity contribution >= 4 is 12.1 Å². The molecular formula is C22H40N2O5. The van der Waals surface area contributed by atoms with Crippen LogP contribution in [0.25, 0.3) is 0 Å². The summed E-state index contributed by atoms with van der Waals surface area (Å²) in [6, 6.07) is 0.0622. The molecule has 3 unspecified atom stereocenters. The number of aliphatic carboxylic acids is 1. The van der Waals surface area contributed by atoms with Crippen LogP contribution in [0.1, 0.15) is 85.0 Å². The van der Waals surface area contributed by atoms with Crippen LogP contribution in [0.5, 0.6) is 0 Å². The zero-order valence-electron chi connectivity index (χ0n) is 18.5. The van der Waals surface area contributed by atoms with Gasteiger partial charge in [-0.3, -0.25) is 0 Å². The van der Waals surface area contributed by atoms with Gasteiger partial charge in [0.1, 0.15) is 11.6 Å². The summed E-state index contributed by atoms with van der Waals surface area (Å²) in [5, 5.41) is 15.9. The van der Waals surface area contributed by atoms with Crippen LogP contribution in [0, 0.1) is 5.92 Å². The van der Waals surface area contributed by atoms with Gasteiger partial charge in [0, 0.05) is 25.6 Å². The quantitative estimate of drug-likeness (QED) is 0.560. The first-order valence-corrected chi connectivity index (χ1v) is 11.2. The molecule has 2 saturated carbocycles. The van der Waals surface area contributed by atoms with E-state index in [0.717, 1.165) is 19.3 Å². The molecule has 0 aromatic rings. The first-order valence-electron chi connectivity index (χ1n) is 11.2. The van der Waals surface area contributed by atoms with Crippen molar-refractivity contribution in [2.45, 2.75) is 115 Å². The molecule has 0 bridgehead atoms. The maximum absolute atomic E-state index is 12.0. The molecule has 0 saturated heterocycles. The standard InChI is InChI=1S/C22H40N2O5/c1-22(2,3)29-21(27)24-18(20(25)26)14-19(28-4)15-9-8-12-17(13-15)23-16-10-6-5-7-11-16/h15-19,23H,5-14H2,1-4H3,(H,24,27)(H,25,26)/t15?,17?,18-,19?/m0/s1. The van der Waals surface area contributed by atoms with Gasteiger partial charge in [0.25, 0.3) is 0 Å². The number of alkyl carbamates (subject to hydrolysis) is 1. The van der Waals surface area contributed by atoms with E-state index in [2.05, 4.69) is 10.6 Å². The SMILES string of the molecule is COC(C[C@H](NC(=O)OC(C)(C)C)C(=O)O)C1CCCC(NC2CCCCC2)C1. The van der Waals surface area contributed by atoms with E-state index < -0.39 is 23.7 Å². The third-order valence-electron chi connectivity index (χ3n) is 6.08. The summed E-state index contributed by atoms with van der Waals surface area (Å²) >= 11 is 0. The zero-order valence-corrected chi connectivity index (χ0v) is 18.5. The highest BCUT2D eigenvalue weighted by molar-refractivity contribution is 5.80. The Morgan fingerprint density at radius 3 is 2.28 bits per heavy atom. The van der Waals surface area contributed by atoms with Gasteiger partial charge < -0.3 is 25.2 Å². The third-order valence-corrected chi connectivity index (χ3v) is 6.08. The van der Waals surface area contributed by atoms with E-state index in [1.807, 2.05) is 0 Å². The molecular weight excluding hydrogens is 372 g/mol. The molecule has 0 aromatic carbocycles. The number of carbonyl (C=O) groups excluding carboxylic acids is 1. The topological polar surface area (TPSA) is 96.9 Å². The summed E-state index contributed by atoms with van der Waals surface area (Å²) in [5.74, 6) is -0.775. The third kappa shape index (κ3) is 8.51. The molecule has 2 rings (SSSR count). The lowest BCUT2D eigenvalue weighted by Crippen LogP contribution is -2.48. The molecule has 7 nitrogen and oxygen atoms in total. The highest BCUT2D eigenvalue weighted by Gasteiger charge is 2.34. The van der Waals surface area contributed by atoms with Gasteiger partial charge in [-0.05, 0) is 58.8 Å². The van der Waals surface area contributed by atoms with Crippen molar-refractivity contribution in [3.63, 3.8) is 0 Å². The van der Waals surface area contributed by atoms with E-state index in [-0.39, 0.29) is 18.4 Å². The lowest BCUT2D eigenvalue weighted by Gasteiger charge is -2.37. The fourth-order valence-corrected chi connectivity index (χ4v) is 4.70. The lowest BCUT2D eigenvalue weighted by molar-refractivity contribution is -0.140. The van der Waals surface area contributed by atoms with Crippen molar-refractivity contribution in [3.05, 3.63) is 0 Å². The van der Waals surface area contributed by atoms with E-state index in [1.54, 1.807) is 27.9 Å². The minimum Gasteiger partial charge on any atom is -0.480 e. The largest absolute Gasteiger partial charge is 0.480 e. The number of nitrogens with one attached hydrogen (secondary N) is 2. The number of ether oxygens (including phenoxy) is 2. The van der Waals surface area contributed by atoms with E-state index in [0.29, 0.717) is 12.1 Å². The Labute approximate surface area is 175 Å². The summed E-state index contributed by atoms with van der Waals surface area (Å²) in [6.07, 6.45) is 10.1. The Morgan fingerprint density at radius 1 is 1.03 bits per heavy atom. The molecule has 0 spiro atoms. The Kier molecular flexibility index (Phi) is 9.21. The van der Waals surface area contributed by atoms with Gasteiger partial charge in [-0.15, -0.1) is 0 Å². The van der Waals surface area contributed by atoms with Crippen molar-refractivity contribution < 1.29 is 24.2 Å². The van der Waals surface area contributed by atoms with Crippen LogP contribution in [0.2, 0.25) is 0 Å². The second kappa shape index (κ2) is 11.2. The van der Waals surface area contributed by atoms with Crippen LogP contribution in [-0.4, -0.2) is 54.1 Å². The highest BCUT2D eigenvalue weighted by Crippen LogP contribution is 2.31. The molecule has 1 amide bonds. The van der Waals surface area contributed by atoms with Crippen LogP contribution in [-0.2, 0) is 14.3 Å². The van der Waals surface area contributed by atoms with E-state index >= 15 is 0 Å². The maximum Gasteiger partial charge on any atom is 0.408 e. The fourth-order valence-electron chi connectivity index (χ4n) is 4.70. The number of rotatable bonds is 8. The van der Waals surface area contributed by atoms with Gasteiger partial charge in [-0.25, -0.2) is 9.59 Å². The van der Waals surface area contributed by atoms with E-state index in [9.17, 15) is 14.7 Å². The van der Waals surface area contributed by atoms with Crippen LogP contribution < -0.4 is 10.6 Å². The Morgan fingerprint density at radius 2 is 1.69 bits per heavy atom. The number of carboxylic acid groups (broad SMARTS) is 1. The summed E-state index contributed by atoms with van der Waals surface area (Å²) in [6.45, 7) is 5.26. The van der Waals surface area contributed by atoms with Crippen molar-refractivity contribution in [2.75, 3.05) is 7.11 Å². The minimum absolute atomic E-state index is 0.206. The fraction of sp³-hybridized carbons (Fsp3) is 0.909. The van der Waals surface area contributed by atoms with E-state index in [1.165, 1.54) is 38.5 Å². The molecule has 2 fully saturated rings. The van der Waals surface area contributed by atoms with Crippen molar-refractivity contribution in [3.8, 4) is 0 Å². The first kappa shape index (κ1) is 23.9. The molecule has 0 aliphatic heterocycles. The average molecular weight is 413 g/mol. The average Bonchev–Trinajstić information content (AvgIpc) is 2.64. The smallest absolute Gasteiger partial charge is 0.408 e. The number of hydrogen-bond donors (Lipinski definition) is 3. The molecule has 0 aromatic heterocycles. The number of carbonyl (C=O) groups is 2. The predicted octanol–water partition coefficient (Wildman–Crippen LogP) is 3.85. The second-order valence-corrected chi connectivity index (χ2v) is 9.67. The van der Waals surface area contributed by atoms with Gasteiger partial charge in [0.2, 0.25) is 0 Å². The molecule has 168 valence electrons.